The molecule has 0 saturated carbocycles. The highest BCUT2D eigenvalue weighted by molar-refractivity contribution is 5.93. The lowest BCUT2D eigenvalue weighted by Crippen LogP contribution is -2.12. The number of hydrogen-bond donors (Lipinski definition) is 1. The summed E-state index contributed by atoms with van der Waals surface area (Å²) in [5.74, 6) is -0.387. The van der Waals surface area contributed by atoms with Gasteiger partial charge in [-0.15, -0.1) is 0 Å². The molecule has 0 aliphatic carbocycles. The van der Waals surface area contributed by atoms with Crippen molar-refractivity contribution in [3.05, 3.63) is 96.1 Å². The molecule has 2 aromatic carbocycles. The molecule has 2 N–H and O–H groups in total. The van der Waals surface area contributed by atoms with Gasteiger partial charge in [0.25, 0.3) is 0 Å². The van der Waals surface area contributed by atoms with Crippen LogP contribution in [0.1, 0.15) is 21.6 Å². The van der Waals surface area contributed by atoms with E-state index in [1.165, 1.54) is 0 Å². The molecule has 0 atom stereocenters. The van der Waals surface area contributed by atoms with Crippen molar-refractivity contribution in [1.29, 1.82) is 0 Å². The van der Waals surface area contributed by atoms with Crippen LogP contribution < -0.4 is 5.73 Å². The third-order valence-electron chi connectivity index (χ3n) is 4.78. The van der Waals surface area contributed by atoms with E-state index in [-0.39, 0.29) is 12.2 Å². The fraction of sp³-hybridized carbons (Fsp3) is 0.0870. The lowest BCUT2D eigenvalue weighted by Gasteiger charge is -2.12. The summed E-state index contributed by atoms with van der Waals surface area (Å²) in [4.78, 5) is 28.2. The summed E-state index contributed by atoms with van der Waals surface area (Å²) in [6.07, 6.45) is 4.10. The van der Waals surface area contributed by atoms with Crippen molar-refractivity contribution in [3.8, 4) is 11.1 Å². The predicted octanol–water partition coefficient (Wildman–Crippen LogP) is 3.45. The Morgan fingerprint density at radius 2 is 1.64 bits per heavy atom. The first-order valence-corrected chi connectivity index (χ1v) is 9.01. The van der Waals surface area contributed by atoms with E-state index < -0.39 is 5.91 Å². The smallest absolute Gasteiger partial charge is 0.248 e. The van der Waals surface area contributed by atoms with Gasteiger partial charge in [0.2, 0.25) is 5.91 Å². The van der Waals surface area contributed by atoms with Crippen molar-refractivity contribution in [2.45, 2.75) is 12.8 Å². The van der Waals surface area contributed by atoms with Crippen molar-refractivity contribution < 1.29 is 9.59 Å². The standard InChI is InChI=1S/C23H19N3O2/c24-23(28)18-8-6-16(7-9-18)12-20(27)13-22-21(17-4-2-1-3-5-17)11-10-19-14-25-15-26(19)22/h1-11,14-15H,12-13H2,(H2,24,28). The van der Waals surface area contributed by atoms with Crippen LogP contribution in [-0.4, -0.2) is 21.1 Å². The maximum atomic E-state index is 12.8. The number of primary amides is 1. The highest BCUT2D eigenvalue weighted by Gasteiger charge is 2.14. The minimum Gasteiger partial charge on any atom is -0.366 e. The number of hydrogen-bond acceptors (Lipinski definition) is 3. The van der Waals surface area contributed by atoms with E-state index in [0.29, 0.717) is 12.0 Å². The molecule has 0 bridgehead atoms. The van der Waals surface area contributed by atoms with E-state index in [2.05, 4.69) is 4.98 Å². The molecule has 0 saturated heterocycles. The summed E-state index contributed by atoms with van der Waals surface area (Å²) in [6, 6.07) is 20.9. The van der Waals surface area contributed by atoms with E-state index in [4.69, 9.17) is 5.73 Å². The third-order valence-corrected chi connectivity index (χ3v) is 4.78. The number of carbonyl (C=O) groups excluding carboxylic acids is 2. The lowest BCUT2D eigenvalue weighted by atomic mass is 9.98. The highest BCUT2D eigenvalue weighted by atomic mass is 16.1. The largest absolute Gasteiger partial charge is 0.366 e. The fourth-order valence-corrected chi connectivity index (χ4v) is 3.37. The summed E-state index contributed by atoms with van der Waals surface area (Å²) in [7, 11) is 0. The molecule has 0 aliphatic rings. The van der Waals surface area contributed by atoms with E-state index in [9.17, 15) is 9.59 Å². The molecule has 5 heteroatoms. The summed E-state index contributed by atoms with van der Waals surface area (Å²) < 4.78 is 1.97. The SMILES string of the molecule is NC(=O)c1ccc(CC(=O)Cc2c(-c3ccccc3)ccc3cncn23)cc1. The van der Waals surface area contributed by atoms with E-state index >= 15 is 0 Å². The Bertz CT molecular complexity index is 1150. The Labute approximate surface area is 162 Å². The number of ketones is 1. The maximum Gasteiger partial charge on any atom is 0.248 e. The van der Waals surface area contributed by atoms with Crippen LogP contribution in [0.15, 0.2) is 79.3 Å². The van der Waals surface area contributed by atoms with Gasteiger partial charge < -0.3 is 10.1 Å². The van der Waals surface area contributed by atoms with Gasteiger partial charge in [-0.25, -0.2) is 4.98 Å². The number of amides is 1. The molecule has 0 radical (unpaired) electrons. The van der Waals surface area contributed by atoms with E-state index in [1.54, 1.807) is 36.8 Å². The van der Waals surface area contributed by atoms with Gasteiger partial charge in [0.1, 0.15) is 5.78 Å². The van der Waals surface area contributed by atoms with E-state index in [0.717, 1.165) is 27.9 Å². The topological polar surface area (TPSA) is 77.5 Å². The maximum absolute atomic E-state index is 12.8. The molecule has 4 aromatic rings. The Morgan fingerprint density at radius 3 is 2.36 bits per heavy atom. The van der Waals surface area contributed by atoms with Crippen LogP contribution in [0, 0.1) is 0 Å². The van der Waals surface area contributed by atoms with Gasteiger partial charge in [-0.3, -0.25) is 9.59 Å². The van der Waals surface area contributed by atoms with Gasteiger partial charge >= 0.3 is 0 Å². The third kappa shape index (κ3) is 3.55. The predicted molar refractivity (Wildman–Crippen MR) is 108 cm³/mol. The van der Waals surface area contributed by atoms with Gasteiger partial charge in [0, 0.05) is 29.7 Å². The van der Waals surface area contributed by atoms with Crippen LogP contribution in [-0.2, 0) is 17.6 Å². The van der Waals surface area contributed by atoms with Crippen molar-refractivity contribution in [2.75, 3.05) is 0 Å². The second-order valence-corrected chi connectivity index (χ2v) is 6.70. The summed E-state index contributed by atoms with van der Waals surface area (Å²) >= 11 is 0. The number of rotatable bonds is 6. The average Bonchev–Trinajstić information content (AvgIpc) is 3.18. The Hall–Kier alpha value is -3.73. The van der Waals surface area contributed by atoms with Gasteiger partial charge in [0.05, 0.1) is 18.0 Å². The number of fused-ring (bicyclic) bond motifs is 1. The highest BCUT2D eigenvalue weighted by Crippen LogP contribution is 2.26. The molecule has 0 aliphatic heterocycles. The van der Waals surface area contributed by atoms with Crippen LogP contribution in [0.2, 0.25) is 0 Å². The number of benzene rings is 2. The van der Waals surface area contributed by atoms with Crippen molar-refractivity contribution in [3.63, 3.8) is 0 Å². The number of nitrogens with two attached hydrogens (primary N) is 1. The van der Waals surface area contributed by atoms with Gasteiger partial charge in [0.15, 0.2) is 0 Å². The van der Waals surface area contributed by atoms with Crippen LogP contribution in [0.3, 0.4) is 0 Å². The monoisotopic (exact) mass is 369 g/mol. The first-order chi connectivity index (χ1) is 13.6. The molecule has 28 heavy (non-hydrogen) atoms. The Morgan fingerprint density at radius 1 is 0.893 bits per heavy atom. The molecular formula is C23H19N3O2. The number of Topliss-reactive ketones (excluding diaryl/α,β-unsaturated/α-hetero) is 1. The van der Waals surface area contributed by atoms with Crippen molar-refractivity contribution in [1.82, 2.24) is 9.38 Å². The van der Waals surface area contributed by atoms with Crippen molar-refractivity contribution in [2.24, 2.45) is 5.73 Å². The van der Waals surface area contributed by atoms with Crippen LogP contribution in [0.4, 0.5) is 0 Å². The minimum atomic E-state index is -0.475. The Kier molecular flexibility index (Phi) is 4.72. The number of aromatic nitrogens is 2. The molecule has 5 nitrogen and oxygen atoms in total. The quantitative estimate of drug-likeness (QED) is 0.565. The zero-order chi connectivity index (χ0) is 19.5. The van der Waals surface area contributed by atoms with Crippen LogP contribution in [0.25, 0.3) is 16.6 Å². The van der Waals surface area contributed by atoms with Gasteiger partial charge in [-0.2, -0.15) is 0 Å². The summed E-state index contributed by atoms with van der Waals surface area (Å²) in [5.41, 5.74) is 10.5. The fourth-order valence-electron chi connectivity index (χ4n) is 3.37. The zero-order valence-electron chi connectivity index (χ0n) is 15.2. The Balaban J connectivity index is 1.64. The number of pyridine rings is 1. The molecule has 0 spiro atoms. The summed E-state index contributed by atoms with van der Waals surface area (Å²) in [5, 5.41) is 0. The number of carbonyl (C=O) groups is 2. The van der Waals surface area contributed by atoms with Gasteiger partial charge in [-0.05, 0) is 29.3 Å². The molecule has 4 rings (SSSR count). The number of nitrogens with zero attached hydrogens (tertiary/aromatic N) is 2. The molecule has 1 amide bonds. The normalized spacial score (nSPS) is 10.9. The second kappa shape index (κ2) is 7.48. The van der Waals surface area contributed by atoms with Crippen LogP contribution >= 0.6 is 0 Å². The van der Waals surface area contributed by atoms with E-state index in [1.807, 2.05) is 46.9 Å². The summed E-state index contributed by atoms with van der Waals surface area (Å²) in [6.45, 7) is 0. The molecule has 0 unspecified atom stereocenters. The first-order valence-electron chi connectivity index (χ1n) is 9.01. The van der Waals surface area contributed by atoms with Crippen molar-refractivity contribution >= 4 is 17.2 Å². The molecule has 0 fully saturated rings. The molecule has 2 heterocycles. The number of imidazole rings is 1. The average molecular weight is 369 g/mol. The van der Waals surface area contributed by atoms with Crippen LogP contribution in [0.5, 0.6) is 0 Å². The molecular weight excluding hydrogens is 350 g/mol. The molecule has 138 valence electrons. The zero-order valence-corrected chi connectivity index (χ0v) is 15.2. The minimum absolute atomic E-state index is 0.0882. The molecule has 2 aromatic heterocycles. The lowest BCUT2D eigenvalue weighted by molar-refractivity contribution is -0.117. The second-order valence-electron chi connectivity index (χ2n) is 6.70. The first kappa shape index (κ1) is 17.7. The van der Waals surface area contributed by atoms with Gasteiger partial charge in [-0.1, -0.05) is 48.5 Å².